The lowest BCUT2D eigenvalue weighted by Gasteiger charge is -2.03. The molecule has 106 valence electrons. The Morgan fingerprint density at radius 1 is 1.30 bits per heavy atom. The number of nitrogens with two attached hydrogens (primary N) is 1. The molecule has 0 aliphatic carbocycles. The first-order valence-electron chi connectivity index (χ1n) is 6.79. The van der Waals surface area contributed by atoms with E-state index in [1.165, 1.54) is 16.9 Å². The molecule has 0 spiro atoms. The van der Waals surface area contributed by atoms with E-state index in [9.17, 15) is 4.79 Å². The number of Topliss-reactive ketones (excluding diaryl/α,β-unsaturated/α-hetero) is 1. The van der Waals surface area contributed by atoms with E-state index in [-0.39, 0.29) is 11.7 Å². The smallest absolute Gasteiger partial charge is 0.177 e. The van der Waals surface area contributed by atoms with Crippen molar-refractivity contribution in [1.29, 1.82) is 0 Å². The van der Waals surface area contributed by atoms with Crippen molar-refractivity contribution in [1.82, 2.24) is 0 Å². The van der Waals surface area contributed by atoms with Crippen molar-refractivity contribution < 1.29 is 4.79 Å². The van der Waals surface area contributed by atoms with Gasteiger partial charge in [0.25, 0.3) is 0 Å². The maximum absolute atomic E-state index is 12.0. The zero-order valence-corrected chi connectivity index (χ0v) is 12.7. The molecule has 3 nitrogen and oxygen atoms in total. The molecular weight excluding hydrogens is 268 g/mol. The highest BCUT2D eigenvalue weighted by atomic mass is 32.1. The number of rotatable bonds is 6. The van der Waals surface area contributed by atoms with E-state index >= 15 is 0 Å². The van der Waals surface area contributed by atoms with Gasteiger partial charge in [-0.15, -0.1) is 11.3 Å². The predicted molar refractivity (Wildman–Crippen MR) is 86.5 cm³/mol. The molecular formula is C16H20N2OS. The number of hydrogen-bond acceptors (Lipinski definition) is 4. The van der Waals surface area contributed by atoms with E-state index in [1.54, 1.807) is 0 Å². The lowest BCUT2D eigenvalue weighted by atomic mass is 10.1. The summed E-state index contributed by atoms with van der Waals surface area (Å²) in [7, 11) is 0. The number of hydrogen-bond donors (Lipinski definition) is 2. The van der Waals surface area contributed by atoms with Gasteiger partial charge in [-0.05, 0) is 18.1 Å². The Kier molecular flexibility index (Phi) is 4.79. The molecule has 0 saturated heterocycles. The second-order valence-electron chi connectivity index (χ2n) is 5.08. The van der Waals surface area contributed by atoms with Crippen LogP contribution in [0.15, 0.2) is 36.4 Å². The van der Waals surface area contributed by atoms with Gasteiger partial charge >= 0.3 is 0 Å². The zero-order valence-electron chi connectivity index (χ0n) is 11.8. The number of ketones is 1. The van der Waals surface area contributed by atoms with E-state index in [0.717, 1.165) is 18.0 Å². The molecule has 0 aliphatic rings. The van der Waals surface area contributed by atoms with Gasteiger partial charge in [0, 0.05) is 12.5 Å². The largest absolute Gasteiger partial charge is 0.397 e. The lowest BCUT2D eigenvalue weighted by Crippen LogP contribution is -2.07. The molecule has 0 bridgehead atoms. The molecule has 0 radical (unpaired) electrons. The second-order valence-corrected chi connectivity index (χ2v) is 6.13. The molecule has 0 unspecified atom stereocenters. The van der Waals surface area contributed by atoms with Gasteiger partial charge in [-0.3, -0.25) is 4.79 Å². The maximum Gasteiger partial charge on any atom is 0.177 e. The summed E-state index contributed by atoms with van der Waals surface area (Å²) in [6.07, 6.45) is 0.951. The standard InChI is InChI=1S/C16H20N2OS/c1-11(2)15(19)16-13(17)10-14(20-16)18-9-8-12-6-4-3-5-7-12/h3-7,10-11,18H,8-9,17H2,1-2H3. The van der Waals surface area contributed by atoms with Crippen LogP contribution < -0.4 is 11.1 Å². The summed E-state index contributed by atoms with van der Waals surface area (Å²) in [5, 5.41) is 4.30. The second kappa shape index (κ2) is 6.57. The molecule has 0 aliphatic heterocycles. The Balaban J connectivity index is 1.94. The van der Waals surface area contributed by atoms with Gasteiger partial charge in [0.1, 0.15) is 0 Å². The number of anilines is 2. The highest BCUT2D eigenvalue weighted by molar-refractivity contribution is 7.18. The fourth-order valence-electron chi connectivity index (χ4n) is 1.92. The summed E-state index contributed by atoms with van der Waals surface area (Å²) in [6.45, 7) is 4.62. The van der Waals surface area contributed by atoms with Gasteiger partial charge in [-0.2, -0.15) is 0 Å². The molecule has 1 heterocycles. The van der Waals surface area contributed by atoms with Crippen molar-refractivity contribution >= 4 is 27.8 Å². The minimum Gasteiger partial charge on any atom is -0.397 e. The summed E-state index contributed by atoms with van der Waals surface area (Å²) in [4.78, 5) is 12.6. The van der Waals surface area contributed by atoms with Crippen molar-refractivity contribution in [2.45, 2.75) is 20.3 Å². The molecule has 20 heavy (non-hydrogen) atoms. The molecule has 0 saturated carbocycles. The molecule has 2 rings (SSSR count). The van der Waals surface area contributed by atoms with Crippen LogP contribution in [-0.4, -0.2) is 12.3 Å². The maximum atomic E-state index is 12.0. The van der Waals surface area contributed by atoms with Gasteiger partial charge in [0.2, 0.25) is 0 Å². The van der Waals surface area contributed by atoms with E-state index < -0.39 is 0 Å². The molecule has 4 heteroatoms. The first-order chi connectivity index (χ1) is 9.58. The van der Waals surface area contributed by atoms with E-state index in [0.29, 0.717) is 10.6 Å². The van der Waals surface area contributed by atoms with Crippen LogP contribution in [0.1, 0.15) is 29.1 Å². The third-order valence-corrected chi connectivity index (χ3v) is 4.19. The number of carbonyl (C=O) groups is 1. The monoisotopic (exact) mass is 288 g/mol. The minimum atomic E-state index is -0.0203. The Hall–Kier alpha value is -1.81. The fraction of sp³-hybridized carbons (Fsp3) is 0.312. The molecule has 0 fully saturated rings. The van der Waals surface area contributed by atoms with Gasteiger partial charge in [-0.25, -0.2) is 0 Å². The zero-order chi connectivity index (χ0) is 14.5. The van der Waals surface area contributed by atoms with Crippen LogP contribution in [0, 0.1) is 5.92 Å². The third kappa shape index (κ3) is 3.61. The molecule has 0 amide bonds. The van der Waals surface area contributed by atoms with Crippen LogP contribution >= 0.6 is 11.3 Å². The number of thiophene rings is 1. The predicted octanol–water partition coefficient (Wildman–Crippen LogP) is 3.82. The Labute approximate surface area is 123 Å². The summed E-state index contributed by atoms with van der Waals surface area (Å²) < 4.78 is 0. The molecule has 1 aromatic carbocycles. The fourth-order valence-corrected chi connectivity index (χ4v) is 3.01. The van der Waals surface area contributed by atoms with Crippen LogP contribution in [-0.2, 0) is 6.42 Å². The number of nitrogen functional groups attached to an aromatic ring is 1. The molecule has 3 N–H and O–H groups in total. The van der Waals surface area contributed by atoms with E-state index in [1.807, 2.05) is 38.1 Å². The van der Waals surface area contributed by atoms with Crippen molar-refractivity contribution in [3.63, 3.8) is 0 Å². The summed E-state index contributed by atoms with van der Waals surface area (Å²) in [6, 6.07) is 12.2. The Morgan fingerprint density at radius 2 is 2.00 bits per heavy atom. The summed E-state index contributed by atoms with van der Waals surface area (Å²) in [5.41, 5.74) is 7.79. The van der Waals surface area contributed by atoms with Gasteiger partial charge in [-0.1, -0.05) is 44.2 Å². The van der Waals surface area contributed by atoms with Crippen LogP contribution in [0.4, 0.5) is 10.7 Å². The highest BCUT2D eigenvalue weighted by Crippen LogP contribution is 2.31. The summed E-state index contributed by atoms with van der Waals surface area (Å²) in [5.74, 6) is 0.0942. The SMILES string of the molecule is CC(C)C(=O)c1sc(NCCc2ccccc2)cc1N. The van der Waals surface area contributed by atoms with Gasteiger partial charge < -0.3 is 11.1 Å². The van der Waals surface area contributed by atoms with Crippen molar-refractivity contribution in [3.05, 3.63) is 46.8 Å². The minimum absolute atomic E-state index is 0.0203. The van der Waals surface area contributed by atoms with Crippen molar-refractivity contribution in [2.75, 3.05) is 17.6 Å². The van der Waals surface area contributed by atoms with Crippen LogP contribution in [0.5, 0.6) is 0 Å². The number of carbonyl (C=O) groups excluding carboxylic acids is 1. The molecule has 0 atom stereocenters. The number of nitrogens with one attached hydrogen (secondary N) is 1. The van der Waals surface area contributed by atoms with Gasteiger partial charge in [0.15, 0.2) is 5.78 Å². The Morgan fingerprint density at radius 3 is 2.65 bits per heavy atom. The first kappa shape index (κ1) is 14.6. The highest BCUT2D eigenvalue weighted by Gasteiger charge is 2.17. The lowest BCUT2D eigenvalue weighted by molar-refractivity contribution is 0.0944. The van der Waals surface area contributed by atoms with Crippen LogP contribution in [0.2, 0.25) is 0 Å². The first-order valence-corrected chi connectivity index (χ1v) is 7.61. The van der Waals surface area contributed by atoms with Gasteiger partial charge in [0.05, 0.1) is 15.6 Å². The topological polar surface area (TPSA) is 55.1 Å². The van der Waals surface area contributed by atoms with E-state index in [2.05, 4.69) is 17.4 Å². The average Bonchev–Trinajstić information content (AvgIpc) is 2.80. The Bertz CT molecular complexity index is 575. The van der Waals surface area contributed by atoms with Crippen molar-refractivity contribution in [2.24, 2.45) is 5.92 Å². The van der Waals surface area contributed by atoms with Crippen LogP contribution in [0.3, 0.4) is 0 Å². The average molecular weight is 288 g/mol. The van der Waals surface area contributed by atoms with Crippen molar-refractivity contribution in [3.8, 4) is 0 Å². The number of benzene rings is 1. The molecule has 2 aromatic rings. The quantitative estimate of drug-likeness (QED) is 0.794. The normalized spacial score (nSPS) is 10.8. The molecule has 1 aromatic heterocycles. The van der Waals surface area contributed by atoms with Crippen LogP contribution in [0.25, 0.3) is 0 Å². The summed E-state index contributed by atoms with van der Waals surface area (Å²) >= 11 is 1.45. The third-order valence-electron chi connectivity index (χ3n) is 3.06. The van der Waals surface area contributed by atoms with E-state index in [4.69, 9.17) is 5.73 Å².